The molecule has 0 radical (unpaired) electrons. The fourth-order valence-electron chi connectivity index (χ4n) is 12.9. The molecule has 1 heterocycles. The standard InChI is InChI=1S/C73H50N3OP/c77-78(61-29-11-4-12-30-61)75(58-24-7-2-8-25-58)70-48-43-55(50-71(70)76(78)59-26-9-3-10-27-59)52-39-44-56(45-40-52)74(60-28-19-23-54(49-60)51-21-5-1-6-22-51)57-46-41-53(42-47-57)62-34-20-38-69-72(62)65-33-15-18-37-68(65)73(69)66-35-16-13-31-63(66)64-32-14-17-36-67(64)73/h1-50H. The lowest BCUT2D eigenvalue weighted by Gasteiger charge is -2.33. The molecule has 0 amide bonds. The predicted octanol–water partition coefficient (Wildman–Crippen LogP) is 19.3. The van der Waals surface area contributed by atoms with E-state index in [9.17, 15) is 0 Å². The molecule has 12 aromatic carbocycles. The van der Waals surface area contributed by atoms with Gasteiger partial charge in [-0.2, -0.15) is 0 Å². The zero-order valence-electron chi connectivity index (χ0n) is 42.6. The van der Waals surface area contributed by atoms with E-state index in [4.69, 9.17) is 0 Å². The Labute approximate surface area is 455 Å². The summed E-state index contributed by atoms with van der Waals surface area (Å²) in [6.07, 6.45) is 0. The molecule has 0 N–H and O–H groups in total. The van der Waals surface area contributed by atoms with Gasteiger partial charge < -0.3 is 4.90 Å². The molecule has 5 heteroatoms. The van der Waals surface area contributed by atoms with Crippen LogP contribution in [0.1, 0.15) is 22.3 Å². The summed E-state index contributed by atoms with van der Waals surface area (Å²) in [5, 5.41) is 0.761. The van der Waals surface area contributed by atoms with Gasteiger partial charge >= 0.3 is 7.44 Å². The van der Waals surface area contributed by atoms with Crippen molar-refractivity contribution in [2.45, 2.75) is 5.41 Å². The first-order valence-electron chi connectivity index (χ1n) is 26.7. The van der Waals surface area contributed by atoms with Gasteiger partial charge in [-0.25, -0.2) is 0 Å². The maximum atomic E-state index is 16.3. The van der Waals surface area contributed by atoms with Crippen molar-refractivity contribution in [2.75, 3.05) is 14.2 Å². The second-order valence-electron chi connectivity index (χ2n) is 20.3. The third-order valence-electron chi connectivity index (χ3n) is 16.2. The Morgan fingerprint density at radius 3 is 1.33 bits per heavy atom. The van der Waals surface area contributed by atoms with Gasteiger partial charge in [0, 0.05) is 28.4 Å². The van der Waals surface area contributed by atoms with Gasteiger partial charge in [-0.1, -0.05) is 218 Å². The lowest BCUT2D eigenvalue weighted by molar-refractivity contribution is 0.582. The monoisotopic (exact) mass is 1020 g/mol. The minimum atomic E-state index is -3.51. The summed E-state index contributed by atoms with van der Waals surface area (Å²) >= 11 is 0. The first-order valence-corrected chi connectivity index (χ1v) is 28.3. The van der Waals surface area contributed by atoms with Crippen molar-refractivity contribution in [1.82, 2.24) is 0 Å². The predicted molar refractivity (Wildman–Crippen MR) is 325 cm³/mol. The van der Waals surface area contributed by atoms with Crippen molar-refractivity contribution in [3.05, 3.63) is 326 Å². The van der Waals surface area contributed by atoms with E-state index in [0.29, 0.717) is 0 Å². The highest BCUT2D eigenvalue weighted by Gasteiger charge is 2.52. The van der Waals surface area contributed by atoms with Crippen LogP contribution in [0.4, 0.5) is 39.8 Å². The first kappa shape index (κ1) is 45.6. The maximum Gasteiger partial charge on any atom is 0.301 e. The average molecular weight is 1020 g/mol. The van der Waals surface area contributed by atoms with Crippen molar-refractivity contribution >= 4 is 52.6 Å². The molecule has 0 fully saturated rings. The quantitative estimate of drug-likeness (QED) is 0.135. The Morgan fingerprint density at radius 2 is 0.718 bits per heavy atom. The van der Waals surface area contributed by atoms with Crippen LogP contribution in [0.5, 0.6) is 0 Å². The number of para-hydroxylation sites is 2. The van der Waals surface area contributed by atoms with E-state index >= 15 is 4.57 Å². The molecule has 1 aliphatic heterocycles. The smallest absolute Gasteiger partial charge is 0.301 e. The number of hydrogen-bond donors (Lipinski definition) is 0. The number of benzene rings is 12. The third-order valence-corrected chi connectivity index (χ3v) is 19.1. The van der Waals surface area contributed by atoms with Gasteiger partial charge in [0.2, 0.25) is 0 Å². The number of fused-ring (bicyclic) bond motifs is 11. The van der Waals surface area contributed by atoms with Gasteiger partial charge in [-0.3, -0.25) is 13.9 Å². The lowest BCUT2D eigenvalue weighted by atomic mass is 9.70. The Bertz CT molecular complexity index is 4250. The summed E-state index contributed by atoms with van der Waals surface area (Å²) < 4.78 is 20.4. The molecule has 368 valence electrons. The van der Waals surface area contributed by atoms with E-state index in [-0.39, 0.29) is 0 Å². The van der Waals surface area contributed by atoms with E-state index in [1.807, 2.05) is 78.9 Å². The molecule has 4 nitrogen and oxygen atoms in total. The highest BCUT2D eigenvalue weighted by Crippen LogP contribution is 2.70. The van der Waals surface area contributed by atoms with Gasteiger partial charge in [0.05, 0.1) is 22.1 Å². The highest BCUT2D eigenvalue weighted by atomic mass is 31.2. The van der Waals surface area contributed by atoms with Crippen LogP contribution in [0.2, 0.25) is 0 Å². The number of rotatable bonds is 9. The van der Waals surface area contributed by atoms with Crippen LogP contribution in [0, 0.1) is 0 Å². The van der Waals surface area contributed by atoms with Crippen LogP contribution in [0.15, 0.2) is 303 Å². The summed E-state index contributed by atoms with van der Waals surface area (Å²) in [4.78, 5) is 2.36. The molecule has 0 aromatic heterocycles. The van der Waals surface area contributed by atoms with E-state index in [1.165, 1.54) is 55.6 Å². The normalized spacial score (nSPS) is 15.1. The van der Waals surface area contributed by atoms with Crippen molar-refractivity contribution in [2.24, 2.45) is 0 Å². The molecule has 78 heavy (non-hydrogen) atoms. The molecule has 1 spiro atoms. The molecule has 15 rings (SSSR count). The van der Waals surface area contributed by atoms with Crippen LogP contribution in [0.25, 0.3) is 55.6 Å². The van der Waals surface area contributed by atoms with Gasteiger partial charge in [0.25, 0.3) is 0 Å². The fourth-order valence-corrected chi connectivity index (χ4v) is 15.9. The van der Waals surface area contributed by atoms with Crippen molar-refractivity contribution in [3.63, 3.8) is 0 Å². The van der Waals surface area contributed by atoms with E-state index in [0.717, 1.165) is 67.4 Å². The SMILES string of the molecule is O=P1(c2ccccc2)N(c2ccccc2)c2ccc(-c3ccc(N(c4ccc(-c5cccc6c5-c5ccccc5C65c6ccccc6-c6ccccc65)cc4)c4cccc(-c5ccccc5)c4)cc3)cc2N1c1ccccc1. The van der Waals surface area contributed by atoms with Gasteiger partial charge in [-0.05, 0) is 163 Å². The zero-order valence-corrected chi connectivity index (χ0v) is 43.5. The molecular weight excluding hydrogens is 966 g/mol. The second-order valence-corrected chi connectivity index (χ2v) is 22.7. The summed E-state index contributed by atoms with van der Waals surface area (Å²) in [6, 6.07) is 108. The van der Waals surface area contributed by atoms with Crippen LogP contribution >= 0.6 is 7.44 Å². The second kappa shape index (κ2) is 18.2. The molecule has 1 unspecified atom stereocenters. The molecule has 0 saturated carbocycles. The summed E-state index contributed by atoms with van der Waals surface area (Å²) in [5.41, 5.74) is 23.6. The van der Waals surface area contributed by atoms with E-state index in [1.54, 1.807) is 0 Å². The van der Waals surface area contributed by atoms with Crippen LogP contribution in [0.3, 0.4) is 0 Å². The Kier molecular flexibility index (Phi) is 10.7. The van der Waals surface area contributed by atoms with Crippen LogP contribution < -0.4 is 19.5 Å². The Hall–Kier alpha value is -9.73. The lowest BCUT2D eigenvalue weighted by Crippen LogP contribution is -2.26. The minimum absolute atomic E-state index is 0.407. The first-order chi connectivity index (χ1) is 38.6. The fraction of sp³-hybridized carbons (Fsp3) is 0.0137. The molecule has 1 atom stereocenters. The number of anilines is 7. The molecular formula is C73H50N3OP. The van der Waals surface area contributed by atoms with Crippen LogP contribution in [-0.4, -0.2) is 0 Å². The van der Waals surface area contributed by atoms with Gasteiger partial charge in [0.1, 0.15) is 0 Å². The van der Waals surface area contributed by atoms with E-state index in [2.05, 4.69) is 239 Å². The third kappa shape index (κ3) is 6.90. The van der Waals surface area contributed by atoms with E-state index < -0.39 is 12.9 Å². The average Bonchev–Trinajstić information content (AvgIpc) is 3.99. The Morgan fingerprint density at radius 1 is 0.295 bits per heavy atom. The minimum Gasteiger partial charge on any atom is -0.310 e. The van der Waals surface area contributed by atoms with Gasteiger partial charge in [-0.15, -0.1) is 0 Å². The highest BCUT2D eigenvalue weighted by molar-refractivity contribution is 7.76. The van der Waals surface area contributed by atoms with Crippen molar-refractivity contribution in [3.8, 4) is 55.6 Å². The van der Waals surface area contributed by atoms with Crippen molar-refractivity contribution < 1.29 is 4.57 Å². The molecule has 0 saturated heterocycles. The maximum absolute atomic E-state index is 16.3. The Balaban J connectivity index is 0.838. The number of nitrogens with zero attached hydrogens (tertiary/aromatic N) is 3. The summed E-state index contributed by atoms with van der Waals surface area (Å²) in [7, 11) is -3.51. The molecule has 3 aliphatic rings. The van der Waals surface area contributed by atoms with Crippen molar-refractivity contribution in [1.29, 1.82) is 0 Å². The van der Waals surface area contributed by atoms with Crippen LogP contribution in [-0.2, 0) is 9.98 Å². The molecule has 2 aliphatic carbocycles. The summed E-state index contributed by atoms with van der Waals surface area (Å²) in [6.45, 7) is 0. The number of hydrogen-bond acceptors (Lipinski definition) is 2. The molecule has 12 aromatic rings. The summed E-state index contributed by atoms with van der Waals surface area (Å²) in [5.74, 6) is 0. The van der Waals surface area contributed by atoms with Gasteiger partial charge in [0.15, 0.2) is 0 Å². The molecule has 0 bridgehead atoms. The topological polar surface area (TPSA) is 26.8 Å². The zero-order chi connectivity index (χ0) is 51.8. The largest absolute Gasteiger partial charge is 0.310 e.